The summed E-state index contributed by atoms with van der Waals surface area (Å²) in [5.41, 5.74) is 0.665. The number of halogens is 1. The van der Waals surface area contributed by atoms with Crippen molar-refractivity contribution in [2.75, 3.05) is 7.11 Å². The Bertz CT molecular complexity index is 1050. The summed E-state index contributed by atoms with van der Waals surface area (Å²) < 4.78 is 7.71. The lowest BCUT2D eigenvalue weighted by Crippen LogP contribution is -2.18. The van der Waals surface area contributed by atoms with E-state index < -0.39 is 12.0 Å². The minimum atomic E-state index is -0.854. The molecule has 1 aromatic carbocycles. The molecule has 0 bridgehead atoms. The van der Waals surface area contributed by atoms with E-state index in [2.05, 4.69) is 25.8 Å². The predicted octanol–water partition coefficient (Wildman–Crippen LogP) is 4.85. The second kappa shape index (κ2) is 8.21. The average molecular weight is 437 g/mol. The number of thiophene rings is 1. The van der Waals surface area contributed by atoms with Gasteiger partial charge in [-0.05, 0) is 61.9 Å². The molecule has 0 radical (unpaired) electrons. The topological polar surface area (TPSA) is 63.8 Å². The highest BCUT2D eigenvalue weighted by Gasteiger charge is 2.22. The van der Waals surface area contributed by atoms with Crippen LogP contribution in [-0.4, -0.2) is 22.1 Å². The molecule has 3 aromatic rings. The summed E-state index contributed by atoms with van der Waals surface area (Å²) in [5.74, 6) is -0.0688. The molecule has 2 heterocycles. The van der Waals surface area contributed by atoms with Crippen LogP contribution in [0, 0.1) is 0 Å². The van der Waals surface area contributed by atoms with Gasteiger partial charge in [0.05, 0.1) is 12.7 Å². The van der Waals surface area contributed by atoms with Crippen molar-refractivity contribution in [2.24, 2.45) is 4.99 Å². The van der Waals surface area contributed by atoms with Crippen molar-refractivity contribution < 1.29 is 14.6 Å². The van der Waals surface area contributed by atoms with Crippen LogP contribution in [0.4, 0.5) is 0 Å². The first-order valence-electron chi connectivity index (χ1n) is 8.58. The van der Waals surface area contributed by atoms with Gasteiger partial charge >= 0.3 is 0 Å². The maximum atomic E-state index is 12.9. The molecule has 1 atom stereocenters. The molecular weight excluding hydrogens is 416 g/mol. The van der Waals surface area contributed by atoms with Crippen LogP contribution in [0.25, 0.3) is 0 Å². The van der Waals surface area contributed by atoms with Gasteiger partial charge in [0.2, 0.25) is 0 Å². The minimum absolute atomic E-state index is 0.209. The lowest BCUT2D eigenvalue weighted by atomic mass is 10.1. The summed E-state index contributed by atoms with van der Waals surface area (Å²) >= 11 is 8.83. The number of carbonyl (C=O) groups is 1. The molecule has 2 aromatic heterocycles. The van der Waals surface area contributed by atoms with Gasteiger partial charge in [-0.1, -0.05) is 17.7 Å². The Morgan fingerprint density at radius 2 is 2.07 bits per heavy atom. The monoisotopic (exact) mass is 436 g/mol. The van der Waals surface area contributed by atoms with Crippen LogP contribution in [0.3, 0.4) is 0 Å². The lowest BCUT2D eigenvalue weighted by Gasteiger charge is -2.19. The predicted molar refractivity (Wildman–Crippen MR) is 114 cm³/mol. The Morgan fingerprint density at radius 3 is 2.68 bits per heavy atom. The number of ether oxygens (including phenoxy) is 1. The van der Waals surface area contributed by atoms with E-state index in [1.807, 2.05) is 27.7 Å². The molecule has 1 N–H and O–H groups in total. The van der Waals surface area contributed by atoms with Crippen LogP contribution >= 0.6 is 34.5 Å². The highest BCUT2D eigenvalue weighted by molar-refractivity contribution is 7.10. The number of carbonyl (C=O) groups excluding carboxylic acids is 1. The highest BCUT2D eigenvalue weighted by Crippen LogP contribution is 2.28. The molecule has 0 spiro atoms. The normalized spacial score (nSPS) is 13.6. The summed E-state index contributed by atoms with van der Waals surface area (Å²) in [7, 11) is 1.49. The van der Waals surface area contributed by atoms with Gasteiger partial charge in [-0.25, -0.2) is 0 Å². The van der Waals surface area contributed by atoms with E-state index >= 15 is 0 Å². The molecule has 0 aliphatic heterocycles. The first-order chi connectivity index (χ1) is 13.2. The van der Waals surface area contributed by atoms with E-state index in [1.54, 1.807) is 12.1 Å². The quantitative estimate of drug-likeness (QED) is 0.635. The second-order valence-electron chi connectivity index (χ2n) is 7.16. The van der Waals surface area contributed by atoms with Crippen molar-refractivity contribution >= 4 is 40.4 Å². The zero-order valence-electron chi connectivity index (χ0n) is 16.0. The number of aliphatic hydroxyl groups is 1. The first kappa shape index (κ1) is 20.8. The van der Waals surface area contributed by atoms with E-state index in [0.717, 1.165) is 4.88 Å². The van der Waals surface area contributed by atoms with Gasteiger partial charge in [-0.2, -0.15) is 4.99 Å². The van der Waals surface area contributed by atoms with E-state index in [-0.39, 0.29) is 11.1 Å². The van der Waals surface area contributed by atoms with Crippen LogP contribution < -0.4 is 9.41 Å². The number of methoxy groups -OCH3 is 1. The van der Waals surface area contributed by atoms with E-state index in [1.165, 1.54) is 36.0 Å². The molecule has 1 unspecified atom stereocenters. The van der Waals surface area contributed by atoms with Crippen LogP contribution in [0.5, 0.6) is 5.75 Å². The second-order valence-corrected chi connectivity index (χ2v) is 9.54. The summed E-state index contributed by atoms with van der Waals surface area (Å²) in [6, 6.07) is 8.57. The van der Waals surface area contributed by atoms with E-state index in [0.29, 0.717) is 21.0 Å². The van der Waals surface area contributed by atoms with Crippen LogP contribution in [0.2, 0.25) is 5.02 Å². The molecular formula is C20H21ClN2O3S2. The number of amides is 1. The number of benzene rings is 1. The SMILES string of the molecule is COc1ccc(Cl)cc1C(=O)/N=c1\sn(C(C)(C)C)cc1C(O)c1cccs1. The Labute approximate surface area is 176 Å². The fourth-order valence-electron chi connectivity index (χ4n) is 2.56. The summed E-state index contributed by atoms with van der Waals surface area (Å²) in [6.07, 6.45) is 1.00. The van der Waals surface area contributed by atoms with Crippen molar-refractivity contribution in [2.45, 2.75) is 32.4 Å². The highest BCUT2D eigenvalue weighted by atomic mass is 35.5. The number of aromatic nitrogens is 1. The molecule has 148 valence electrons. The van der Waals surface area contributed by atoms with Crippen molar-refractivity contribution in [3.63, 3.8) is 0 Å². The van der Waals surface area contributed by atoms with Gasteiger partial charge in [0.25, 0.3) is 5.91 Å². The molecule has 0 saturated heterocycles. The molecule has 1 amide bonds. The van der Waals surface area contributed by atoms with Crippen molar-refractivity contribution in [3.8, 4) is 5.75 Å². The lowest BCUT2D eigenvalue weighted by molar-refractivity contribution is 0.0995. The number of rotatable bonds is 4. The summed E-state index contributed by atoms with van der Waals surface area (Å²) in [4.78, 5) is 18.0. The Morgan fingerprint density at radius 1 is 1.32 bits per heavy atom. The van der Waals surface area contributed by atoms with Gasteiger partial charge in [-0.3, -0.25) is 8.75 Å². The molecule has 0 aliphatic carbocycles. The third-order valence-corrected chi connectivity index (χ3v) is 6.56. The van der Waals surface area contributed by atoms with Crippen molar-refractivity contribution in [1.29, 1.82) is 0 Å². The fraction of sp³-hybridized carbons (Fsp3) is 0.300. The van der Waals surface area contributed by atoms with Gasteiger partial charge in [0.15, 0.2) is 0 Å². The average Bonchev–Trinajstić information content (AvgIpc) is 3.30. The Balaban J connectivity index is 2.13. The summed E-state index contributed by atoms with van der Waals surface area (Å²) in [5, 5.41) is 13.2. The molecule has 0 saturated carbocycles. The molecule has 0 fully saturated rings. The smallest absolute Gasteiger partial charge is 0.282 e. The van der Waals surface area contributed by atoms with E-state index in [9.17, 15) is 9.90 Å². The van der Waals surface area contributed by atoms with Crippen molar-refractivity contribution in [3.05, 3.63) is 67.6 Å². The van der Waals surface area contributed by atoms with Gasteiger partial charge in [0.1, 0.15) is 16.5 Å². The third kappa shape index (κ3) is 4.38. The maximum Gasteiger partial charge on any atom is 0.282 e. The minimum Gasteiger partial charge on any atom is -0.496 e. The molecule has 0 aliphatic rings. The zero-order valence-corrected chi connectivity index (χ0v) is 18.4. The fourth-order valence-corrected chi connectivity index (χ4v) is 4.48. The number of nitrogens with zero attached hydrogens (tertiary/aromatic N) is 2. The largest absolute Gasteiger partial charge is 0.496 e. The summed E-state index contributed by atoms with van der Waals surface area (Å²) in [6.45, 7) is 6.16. The van der Waals surface area contributed by atoms with E-state index in [4.69, 9.17) is 16.3 Å². The number of hydrogen-bond donors (Lipinski definition) is 1. The van der Waals surface area contributed by atoms with Gasteiger partial charge in [0, 0.05) is 27.2 Å². The number of aliphatic hydroxyl groups excluding tert-OH is 1. The molecule has 8 heteroatoms. The zero-order chi connectivity index (χ0) is 20.5. The van der Waals surface area contributed by atoms with Crippen LogP contribution in [-0.2, 0) is 5.54 Å². The first-order valence-corrected chi connectivity index (χ1v) is 10.6. The van der Waals surface area contributed by atoms with Gasteiger partial charge < -0.3 is 9.84 Å². The van der Waals surface area contributed by atoms with Gasteiger partial charge in [-0.15, -0.1) is 11.3 Å². The third-order valence-electron chi connectivity index (χ3n) is 4.05. The molecule has 5 nitrogen and oxygen atoms in total. The molecule has 3 rings (SSSR count). The molecule has 28 heavy (non-hydrogen) atoms. The maximum absolute atomic E-state index is 12.9. The van der Waals surface area contributed by atoms with Crippen LogP contribution in [0.1, 0.15) is 47.7 Å². The Kier molecular flexibility index (Phi) is 6.09. The standard InChI is InChI=1S/C20H21ClN2O3S2/c1-20(2,3)23-11-14(17(24)16-6-5-9-27-16)19(28-23)22-18(25)13-10-12(21)7-8-15(13)26-4/h5-11,17,24H,1-4H3/b22-19-. The number of hydrogen-bond acceptors (Lipinski definition) is 5. The Hall–Kier alpha value is -1.93. The van der Waals surface area contributed by atoms with Crippen LogP contribution in [0.15, 0.2) is 46.9 Å². The van der Waals surface area contributed by atoms with Crippen molar-refractivity contribution in [1.82, 2.24) is 3.96 Å².